The Labute approximate surface area is 120 Å². The van der Waals surface area contributed by atoms with Gasteiger partial charge in [0.05, 0.1) is 16.3 Å². The monoisotopic (exact) mass is 346 g/mol. The highest BCUT2D eigenvalue weighted by atomic mass is 79.9. The van der Waals surface area contributed by atoms with Crippen molar-refractivity contribution in [2.75, 3.05) is 5.32 Å². The molecule has 1 N–H and O–H groups in total. The minimum atomic E-state index is -1.10. The van der Waals surface area contributed by atoms with Crippen molar-refractivity contribution in [3.63, 3.8) is 0 Å². The van der Waals surface area contributed by atoms with E-state index in [1.54, 1.807) is 6.07 Å². The van der Waals surface area contributed by atoms with Crippen LogP contribution in [0.5, 0.6) is 0 Å². The van der Waals surface area contributed by atoms with Crippen LogP contribution in [0.3, 0.4) is 0 Å². The molecule has 98 valence electrons. The first-order valence-electron chi connectivity index (χ1n) is 5.06. The number of carbonyl (C=O) groups is 1. The maximum atomic E-state index is 13.3. The highest BCUT2D eigenvalue weighted by molar-refractivity contribution is 9.10. The summed E-state index contributed by atoms with van der Waals surface area (Å²) in [5.41, 5.74) is -0.0535. The SMILES string of the molecule is O=C(Nc1ccc(F)nc1F)c1cc(Br)ccc1Cl. The summed E-state index contributed by atoms with van der Waals surface area (Å²) in [6.07, 6.45) is 0. The van der Waals surface area contributed by atoms with Crippen LogP contribution in [0.15, 0.2) is 34.8 Å². The molecule has 1 aromatic heterocycles. The predicted molar refractivity (Wildman–Crippen MR) is 71.3 cm³/mol. The molecule has 7 heteroatoms. The molecule has 0 saturated heterocycles. The van der Waals surface area contributed by atoms with Gasteiger partial charge in [0.15, 0.2) is 0 Å². The zero-order valence-electron chi connectivity index (χ0n) is 9.25. The fraction of sp³-hybridized carbons (Fsp3) is 0. The summed E-state index contributed by atoms with van der Waals surface area (Å²) in [7, 11) is 0. The number of rotatable bonds is 2. The summed E-state index contributed by atoms with van der Waals surface area (Å²) in [5, 5.41) is 2.49. The number of nitrogens with zero attached hydrogens (tertiary/aromatic N) is 1. The molecule has 0 aliphatic carbocycles. The van der Waals surface area contributed by atoms with Crippen LogP contribution in [0.1, 0.15) is 10.4 Å². The lowest BCUT2D eigenvalue weighted by molar-refractivity contribution is 0.102. The Bertz CT molecular complexity index is 652. The van der Waals surface area contributed by atoms with Crippen LogP contribution < -0.4 is 5.32 Å². The lowest BCUT2D eigenvalue weighted by atomic mass is 10.2. The molecule has 0 saturated carbocycles. The van der Waals surface area contributed by atoms with E-state index in [1.807, 2.05) is 0 Å². The largest absolute Gasteiger partial charge is 0.318 e. The van der Waals surface area contributed by atoms with E-state index in [-0.39, 0.29) is 16.3 Å². The summed E-state index contributed by atoms with van der Waals surface area (Å²) in [6.45, 7) is 0. The van der Waals surface area contributed by atoms with E-state index >= 15 is 0 Å². The number of hydrogen-bond donors (Lipinski definition) is 1. The number of carbonyl (C=O) groups excluding carboxylic acids is 1. The third-order valence-corrected chi connectivity index (χ3v) is 3.06. The average Bonchev–Trinajstić information content (AvgIpc) is 2.35. The Morgan fingerprint density at radius 2 is 2.00 bits per heavy atom. The topological polar surface area (TPSA) is 42.0 Å². The van der Waals surface area contributed by atoms with Gasteiger partial charge < -0.3 is 5.32 Å². The molecule has 19 heavy (non-hydrogen) atoms. The van der Waals surface area contributed by atoms with Crippen LogP contribution in [-0.4, -0.2) is 10.9 Å². The standard InChI is InChI=1S/C12H6BrClF2N2O/c13-6-1-2-8(14)7(5-6)12(19)17-9-3-4-10(15)18-11(9)16/h1-5H,(H,17,19). The van der Waals surface area contributed by atoms with Gasteiger partial charge in [-0.05, 0) is 30.3 Å². The van der Waals surface area contributed by atoms with Gasteiger partial charge >= 0.3 is 0 Å². The molecular weight excluding hydrogens is 341 g/mol. The van der Waals surface area contributed by atoms with Crippen molar-refractivity contribution in [3.05, 3.63) is 57.3 Å². The summed E-state index contributed by atoms with van der Waals surface area (Å²) in [4.78, 5) is 14.9. The third-order valence-electron chi connectivity index (χ3n) is 2.24. The molecule has 0 aliphatic heterocycles. The maximum Gasteiger partial charge on any atom is 0.257 e. The van der Waals surface area contributed by atoms with Crippen LogP contribution in [0.4, 0.5) is 14.5 Å². The first kappa shape index (κ1) is 13.9. The van der Waals surface area contributed by atoms with Gasteiger partial charge in [-0.2, -0.15) is 13.8 Å². The smallest absolute Gasteiger partial charge is 0.257 e. The molecule has 0 radical (unpaired) electrons. The Balaban J connectivity index is 2.28. The van der Waals surface area contributed by atoms with Crippen molar-refractivity contribution < 1.29 is 13.6 Å². The summed E-state index contributed by atoms with van der Waals surface area (Å²) in [5.74, 6) is -2.67. The second kappa shape index (κ2) is 5.63. The average molecular weight is 348 g/mol. The Morgan fingerprint density at radius 3 is 2.68 bits per heavy atom. The molecule has 0 bridgehead atoms. The zero-order chi connectivity index (χ0) is 14.0. The normalized spacial score (nSPS) is 10.3. The van der Waals surface area contributed by atoms with Crippen LogP contribution >= 0.6 is 27.5 Å². The summed E-state index contributed by atoms with van der Waals surface area (Å²) in [6, 6.07) is 6.72. The third kappa shape index (κ3) is 3.27. The first-order chi connectivity index (χ1) is 8.97. The number of aromatic nitrogens is 1. The van der Waals surface area contributed by atoms with Crippen molar-refractivity contribution in [3.8, 4) is 0 Å². The van der Waals surface area contributed by atoms with Crippen LogP contribution in [0.25, 0.3) is 0 Å². The molecule has 0 fully saturated rings. The number of nitrogens with one attached hydrogen (secondary N) is 1. The van der Waals surface area contributed by atoms with E-state index in [0.29, 0.717) is 4.47 Å². The number of halogens is 4. The van der Waals surface area contributed by atoms with E-state index in [0.717, 1.165) is 12.1 Å². The first-order valence-corrected chi connectivity index (χ1v) is 6.23. The lowest BCUT2D eigenvalue weighted by Gasteiger charge is -2.07. The molecule has 0 aliphatic rings. The van der Waals surface area contributed by atoms with E-state index < -0.39 is 17.8 Å². The lowest BCUT2D eigenvalue weighted by Crippen LogP contribution is -2.14. The van der Waals surface area contributed by atoms with Gasteiger partial charge in [-0.1, -0.05) is 27.5 Å². The number of hydrogen-bond acceptors (Lipinski definition) is 2. The van der Waals surface area contributed by atoms with Gasteiger partial charge in [-0.3, -0.25) is 4.79 Å². The number of pyridine rings is 1. The fourth-order valence-electron chi connectivity index (χ4n) is 1.37. The molecule has 1 amide bonds. The van der Waals surface area contributed by atoms with Gasteiger partial charge in [0.1, 0.15) is 0 Å². The van der Waals surface area contributed by atoms with Gasteiger partial charge in [-0.25, -0.2) is 0 Å². The van der Waals surface area contributed by atoms with E-state index in [4.69, 9.17) is 11.6 Å². The Kier molecular flexibility index (Phi) is 4.11. The van der Waals surface area contributed by atoms with E-state index in [2.05, 4.69) is 26.2 Å². The van der Waals surface area contributed by atoms with Crippen LogP contribution in [0, 0.1) is 11.9 Å². The number of anilines is 1. The predicted octanol–water partition coefficient (Wildman–Crippen LogP) is 4.03. The van der Waals surface area contributed by atoms with Crippen LogP contribution in [0.2, 0.25) is 5.02 Å². The van der Waals surface area contributed by atoms with Crippen molar-refractivity contribution >= 4 is 39.1 Å². The van der Waals surface area contributed by atoms with Gasteiger partial charge in [0, 0.05) is 4.47 Å². The molecule has 0 unspecified atom stereocenters. The van der Waals surface area contributed by atoms with Crippen molar-refractivity contribution in [1.82, 2.24) is 4.98 Å². The molecular formula is C12H6BrClF2N2O. The second-order valence-electron chi connectivity index (χ2n) is 3.55. The molecule has 2 rings (SSSR count). The van der Waals surface area contributed by atoms with Crippen molar-refractivity contribution in [2.45, 2.75) is 0 Å². The maximum absolute atomic E-state index is 13.3. The van der Waals surface area contributed by atoms with Crippen molar-refractivity contribution in [2.24, 2.45) is 0 Å². The molecule has 0 atom stereocenters. The van der Waals surface area contributed by atoms with Gasteiger partial charge in [-0.15, -0.1) is 0 Å². The quantitative estimate of drug-likeness (QED) is 0.834. The molecule has 0 spiro atoms. The van der Waals surface area contributed by atoms with E-state index in [1.165, 1.54) is 12.1 Å². The zero-order valence-corrected chi connectivity index (χ0v) is 11.6. The number of benzene rings is 1. The number of amides is 1. The van der Waals surface area contributed by atoms with Gasteiger partial charge in [0.25, 0.3) is 5.91 Å². The second-order valence-corrected chi connectivity index (χ2v) is 4.87. The molecule has 3 nitrogen and oxygen atoms in total. The highest BCUT2D eigenvalue weighted by Crippen LogP contribution is 2.22. The molecule has 2 aromatic rings. The minimum absolute atomic E-state index is 0.166. The van der Waals surface area contributed by atoms with Crippen molar-refractivity contribution in [1.29, 1.82) is 0 Å². The Morgan fingerprint density at radius 1 is 1.26 bits per heavy atom. The van der Waals surface area contributed by atoms with Crippen LogP contribution in [-0.2, 0) is 0 Å². The van der Waals surface area contributed by atoms with E-state index in [9.17, 15) is 13.6 Å². The minimum Gasteiger partial charge on any atom is -0.318 e. The fourth-order valence-corrected chi connectivity index (χ4v) is 1.93. The molecule has 1 aromatic carbocycles. The summed E-state index contributed by atoms with van der Waals surface area (Å²) >= 11 is 9.07. The summed E-state index contributed by atoms with van der Waals surface area (Å²) < 4.78 is 26.6. The van der Waals surface area contributed by atoms with Gasteiger partial charge in [0.2, 0.25) is 11.9 Å². The Hall–Kier alpha value is -1.53. The molecule has 1 heterocycles. The highest BCUT2D eigenvalue weighted by Gasteiger charge is 2.14.